The summed E-state index contributed by atoms with van der Waals surface area (Å²) in [5, 5.41) is 0. The second kappa shape index (κ2) is 13.7. The number of benzene rings is 2. The van der Waals surface area contributed by atoms with Gasteiger partial charge in [0, 0.05) is 30.4 Å². The number of hydrogen-bond donors (Lipinski definition) is 0. The van der Waals surface area contributed by atoms with Gasteiger partial charge in [0.2, 0.25) is 0 Å². The molecule has 0 aliphatic heterocycles. The summed E-state index contributed by atoms with van der Waals surface area (Å²) in [6, 6.07) is 9.53. The van der Waals surface area contributed by atoms with Crippen LogP contribution in [0, 0.1) is 5.82 Å². The van der Waals surface area contributed by atoms with Crippen LogP contribution in [-0.2, 0) is 4.74 Å². The zero-order valence-electron chi connectivity index (χ0n) is 17.3. The summed E-state index contributed by atoms with van der Waals surface area (Å²) >= 11 is 0. The van der Waals surface area contributed by atoms with Crippen LogP contribution in [0.15, 0.2) is 36.4 Å². The Labute approximate surface area is 167 Å². The first-order chi connectivity index (χ1) is 13.6. The van der Waals surface area contributed by atoms with Crippen molar-refractivity contribution in [2.75, 3.05) is 27.4 Å². The largest absolute Gasteiger partial charge is 0.497 e. The first-order valence-electron chi connectivity index (χ1n) is 9.66. The number of halogens is 1. The average molecular weight is 390 g/mol. The molecule has 0 atom stereocenters. The molecule has 0 N–H and O–H groups in total. The van der Waals surface area contributed by atoms with Crippen LogP contribution in [-0.4, -0.2) is 33.7 Å². The fourth-order valence-corrected chi connectivity index (χ4v) is 2.41. The van der Waals surface area contributed by atoms with Gasteiger partial charge in [-0.1, -0.05) is 32.8 Å². The fraction of sp³-hybridized carbons (Fsp3) is 0.435. The molecule has 0 unspecified atom stereocenters. The Kier molecular flexibility index (Phi) is 11.6. The number of methoxy groups -OCH3 is 2. The van der Waals surface area contributed by atoms with Gasteiger partial charge in [0.1, 0.15) is 23.6 Å². The quantitative estimate of drug-likeness (QED) is 0.373. The van der Waals surface area contributed by atoms with Gasteiger partial charge in [0.05, 0.1) is 13.7 Å². The highest BCUT2D eigenvalue weighted by atomic mass is 19.1. The highest BCUT2D eigenvalue weighted by molar-refractivity contribution is 5.80. The number of rotatable bonds is 10. The molecule has 0 saturated carbocycles. The molecule has 0 radical (unpaired) electrons. The van der Waals surface area contributed by atoms with Crippen molar-refractivity contribution in [2.24, 2.45) is 0 Å². The summed E-state index contributed by atoms with van der Waals surface area (Å²) in [7, 11) is 3.26. The number of carbonyl (C=O) groups is 1. The number of unbranched alkanes of at least 4 members (excludes halogenated alkanes) is 2. The van der Waals surface area contributed by atoms with Gasteiger partial charge >= 0.3 is 0 Å². The molecule has 0 aromatic heterocycles. The van der Waals surface area contributed by atoms with Gasteiger partial charge in [-0.3, -0.25) is 4.79 Å². The van der Waals surface area contributed by atoms with E-state index in [4.69, 9.17) is 14.2 Å². The molecular weight excluding hydrogens is 359 g/mol. The molecule has 0 saturated heterocycles. The van der Waals surface area contributed by atoms with E-state index in [-0.39, 0.29) is 5.82 Å². The Morgan fingerprint density at radius 1 is 0.929 bits per heavy atom. The molecule has 0 aliphatic rings. The summed E-state index contributed by atoms with van der Waals surface area (Å²) in [5.41, 5.74) is 1.50. The molecule has 2 aromatic rings. The highest BCUT2D eigenvalue weighted by Crippen LogP contribution is 2.34. The van der Waals surface area contributed by atoms with Crippen molar-refractivity contribution in [3.63, 3.8) is 0 Å². The van der Waals surface area contributed by atoms with Crippen molar-refractivity contribution in [3.8, 4) is 22.6 Å². The third-order valence-corrected chi connectivity index (χ3v) is 4.06. The Hall–Kier alpha value is -2.40. The van der Waals surface area contributed by atoms with E-state index in [1.54, 1.807) is 37.4 Å². The van der Waals surface area contributed by atoms with Crippen LogP contribution >= 0.6 is 0 Å². The molecule has 2 aromatic carbocycles. The van der Waals surface area contributed by atoms with Gasteiger partial charge < -0.3 is 14.2 Å². The zero-order chi connectivity index (χ0) is 20.8. The van der Waals surface area contributed by atoms with E-state index in [1.807, 2.05) is 0 Å². The number of hydrogen-bond acceptors (Lipinski definition) is 4. The summed E-state index contributed by atoms with van der Waals surface area (Å²) in [6.45, 7) is 5.65. The molecule has 0 aliphatic carbocycles. The second-order valence-corrected chi connectivity index (χ2v) is 6.27. The SMILES string of the molecule is CCCCOC.CCCCOc1cc(C=O)ccc1-c1cc(OC)ccc1F. The van der Waals surface area contributed by atoms with Gasteiger partial charge in [-0.25, -0.2) is 4.39 Å². The molecule has 4 nitrogen and oxygen atoms in total. The molecule has 2 rings (SSSR count). The lowest BCUT2D eigenvalue weighted by Crippen LogP contribution is -2.00. The maximum absolute atomic E-state index is 14.2. The standard InChI is InChI=1S/C18H19FO3.C5H12O/c1-3-4-9-22-18-10-13(12-20)5-7-15(18)16-11-14(21-2)6-8-17(16)19;1-3-4-5-6-2/h5-8,10-12H,3-4,9H2,1-2H3;3-5H2,1-2H3. The Balaban J connectivity index is 0.000000568. The van der Waals surface area contributed by atoms with Crippen LogP contribution in [0.5, 0.6) is 11.5 Å². The molecular formula is C23H31FO4. The Morgan fingerprint density at radius 2 is 1.64 bits per heavy atom. The van der Waals surface area contributed by atoms with Gasteiger partial charge in [-0.05, 0) is 43.2 Å². The smallest absolute Gasteiger partial charge is 0.150 e. The highest BCUT2D eigenvalue weighted by Gasteiger charge is 2.13. The van der Waals surface area contributed by atoms with Crippen molar-refractivity contribution < 1.29 is 23.4 Å². The van der Waals surface area contributed by atoms with Gasteiger partial charge in [-0.15, -0.1) is 0 Å². The molecule has 0 amide bonds. The van der Waals surface area contributed by atoms with Crippen molar-refractivity contribution in [1.29, 1.82) is 0 Å². The molecule has 0 spiro atoms. The molecule has 0 fully saturated rings. The van der Waals surface area contributed by atoms with Crippen LogP contribution in [0.4, 0.5) is 4.39 Å². The number of aldehydes is 1. The van der Waals surface area contributed by atoms with E-state index in [1.165, 1.54) is 26.0 Å². The monoisotopic (exact) mass is 390 g/mol. The van der Waals surface area contributed by atoms with Crippen LogP contribution in [0.1, 0.15) is 49.9 Å². The summed E-state index contributed by atoms with van der Waals surface area (Å²) in [5.74, 6) is 0.709. The number of ether oxygens (including phenoxy) is 3. The summed E-state index contributed by atoms with van der Waals surface area (Å²) in [4.78, 5) is 11.0. The molecule has 28 heavy (non-hydrogen) atoms. The van der Waals surface area contributed by atoms with Crippen molar-refractivity contribution in [2.45, 2.75) is 39.5 Å². The van der Waals surface area contributed by atoms with Gasteiger partial charge in [0.25, 0.3) is 0 Å². The van der Waals surface area contributed by atoms with E-state index in [0.717, 1.165) is 25.7 Å². The lowest BCUT2D eigenvalue weighted by molar-refractivity contribution is 0.112. The second-order valence-electron chi connectivity index (χ2n) is 6.27. The topological polar surface area (TPSA) is 44.8 Å². The van der Waals surface area contributed by atoms with Crippen LogP contribution < -0.4 is 9.47 Å². The van der Waals surface area contributed by atoms with E-state index in [9.17, 15) is 9.18 Å². The van der Waals surface area contributed by atoms with Gasteiger partial charge in [-0.2, -0.15) is 0 Å². The molecule has 154 valence electrons. The van der Waals surface area contributed by atoms with E-state index in [0.29, 0.717) is 34.8 Å². The number of carbonyl (C=O) groups excluding carboxylic acids is 1. The Bertz CT molecular complexity index is 712. The molecule has 0 heterocycles. The average Bonchev–Trinajstić information content (AvgIpc) is 2.73. The van der Waals surface area contributed by atoms with Crippen LogP contribution in [0.3, 0.4) is 0 Å². The van der Waals surface area contributed by atoms with E-state index < -0.39 is 0 Å². The van der Waals surface area contributed by atoms with E-state index in [2.05, 4.69) is 13.8 Å². The molecule has 5 heteroatoms. The maximum atomic E-state index is 14.2. The first kappa shape index (κ1) is 23.6. The molecule has 0 bridgehead atoms. The summed E-state index contributed by atoms with van der Waals surface area (Å²) in [6.07, 6.45) is 5.06. The third-order valence-electron chi connectivity index (χ3n) is 4.06. The van der Waals surface area contributed by atoms with Gasteiger partial charge in [0.15, 0.2) is 0 Å². The lowest BCUT2D eigenvalue weighted by Gasteiger charge is -2.13. The zero-order valence-corrected chi connectivity index (χ0v) is 17.3. The summed E-state index contributed by atoms with van der Waals surface area (Å²) < 4.78 is 29.8. The maximum Gasteiger partial charge on any atom is 0.150 e. The van der Waals surface area contributed by atoms with Crippen molar-refractivity contribution in [3.05, 3.63) is 47.8 Å². The van der Waals surface area contributed by atoms with E-state index >= 15 is 0 Å². The first-order valence-corrected chi connectivity index (χ1v) is 9.66. The fourth-order valence-electron chi connectivity index (χ4n) is 2.41. The lowest BCUT2D eigenvalue weighted by atomic mass is 10.0. The minimum Gasteiger partial charge on any atom is -0.497 e. The minimum absolute atomic E-state index is 0.361. The predicted molar refractivity (Wildman–Crippen MR) is 111 cm³/mol. The Morgan fingerprint density at radius 3 is 2.21 bits per heavy atom. The van der Waals surface area contributed by atoms with Crippen LogP contribution in [0.25, 0.3) is 11.1 Å². The normalized spacial score (nSPS) is 10.0. The third kappa shape index (κ3) is 7.69. The van der Waals surface area contributed by atoms with Crippen molar-refractivity contribution in [1.82, 2.24) is 0 Å². The minimum atomic E-state index is -0.361. The van der Waals surface area contributed by atoms with Crippen LogP contribution in [0.2, 0.25) is 0 Å². The van der Waals surface area contributed by atoms with Crippen molar-refractivity contribution >= 4 is 6.29 Å². The predicted octanol–water partition coefficient (Wildman–Crippen LogP) is 5.93.